The van der Waals surface area contributed by atoms with Crippen molar-refractivity contribution < 1.29 is 31.6 Å². The highest BCUT2D eigenvalue weighted by molar-refractivity contribution is 6.34. The molecule has 0 spiro atoms. The number of nitrogens with zero attached hydrogens (tertiary/aromatic N) is 1. The molecule has 4 rings (SSSR count). The molecule has 2 aromatic rings. The highest BCUT2D eigenvalue weighted by Gasteiger charge is 2.62. The molecule has 1 saturated carbocycles. The summed E-state index contributed by atoms with van der Waals surface area (Å²) in [5.41, 5.74) is -2.01. The zero-order chi connectivity index (χ0) is 24.2. The van der Waals surface area contributed by atoms with Crippen molar-refractivity contribution in [2.24, 2.45) is 5.16 Å². The minimum atomic E-state index is -4.83. The van der Waals surface area contributed by atoms with Gasteiger partial charge in [0, 0.05) is 46.5 Å². The van der Waals surface area contributed by atoms with Gasteiger partial charge in [-0.1, -0.05) is 34.4 Å². The molecule has 1 heterocycles. The summed E-state index contributed by atoms with van der Waals surface area (Å²) >= 11 is 11.8. The average Bonchev–Trinajstić information content (AvgIpc) is 3.12. The Morgan fingerprint density at radius 1 is 1.12 bits per heavy atom. The number of hydrogen-bond donors (Lipinski definition) is 1. The van der Waals surface area contributed by atoms with Gasteiger partial charge in [-0.15, -0.1) is 0 Å². The molecule has 0 bridgehead atoms. The van der Waals surface area contributed by atoms with E-state index >= 15 is 0 Å². The molecule has 0 radical (unpaired) electrons. The predicted octanol–water partition coefficient (Wildman–Crippen LogP) is 6.41. The molecule has 4 nitrogen and oxygen atoms in total. The first kappa shape index (κ1) is 23.8. The molecule has 1 amide bonds. The normalized spacial score (nSPS) is 22.4. The number of alkyl halides is 5. The van der Waals surface area contributed by atoms with E-state index in [9.17, 15) is 26.7 Å². The van der Waals surface area contributed by atoms with Crippen LogP contribution in [0.2, 0.25) is 10.0 Å². The Labute approximate surface area is 195 Å². The Morgan fingerprint density at radius 3 is 2.30 bits per heavy atom. The molecular weight excluding hydrogens is 490 g/mol. The fourth-order valence-corrected chi connectivity index (χ4v) is 4.50. The average molecular weight is 507 g/mol. The second-order valence-corrected chi connectivity index (χ2v) is 9.13. The van der Waals surface area contributed by atoms with E-state index in [0.29, 0.717) is 11.1 Å². The van der Waals surface area contributed by atoms with Crippen molar-refractivity contribution in [3.05, 3.63) is 68.7 Å². The van der Waals surface area contributed by atoms with Crippen LogP contribution in [0.15, 0.2) is 41.6 Å². The fourth-order valence-electron chi connectivity index (χ4n) is 3.97. The lowest BCUT2D eigenvalue weighted by Gasteiger charge is -2.35. The zero-order valence-electron chi connectivity index (χ0n) is 17.1. The van der Waals surface area contributed by atoms with Gasteiger partial charge in [-0.25, -0.2) is 8.78 Å². The van der Waals surface area contributed by atoms with E-state index in [4.69, 9.17) is 28.0 Å². The second-order valence-electron chi connectivity index (χ2n) is 8.25. The van der Waals surface area contributed by atoms with Crippen LogP contribution in [0, 0.1) is 6.92 Å². The molecule has 33 heavy (non-hydrogen) atoms. The third kappa shape index (κ3) is 4.53. The predicted molar refractivity (Wildman–Crippen MR) is 113 cm³/mol. The first-order valence-electron chi connectivity index (χ1n) is 9.88. The largest absolute Gasteiger partial charge is 0.435 e. The lowest BCUT2D eigenvalue weighted by Crippen LogP contribution is -2.50. The number of carbonyl (C=O) groups excluding carboxylic acids is 1. The van der Waals surface area contributed by atoms with E-state index in [2.05, 4.69) is 10.5 Å². The van der Waals surface area contributed by atoms with Crippen LogP contribution in [0.5, 0.6) is 0 Å². The van der Waals surface area contributed by atoms with Crippen molar-refractivity contribution in [3.63, 3.8) is 0 Å². The van der Waals surface area contributed by atoms with Gasteiger partial charge in [-0.05, 0) is 48.4 Å². The topological polar surface area (TPSA) is 50.7 Å². The molecule has 1 aliphatic carbocycles. The summed E-state index contributed by atoms with van der Waals surface area (Å²) in [7, 11) is 0. The fraction of sp³-hybridized carbons (Fsp3) is 0.364. The van der Waals surface area contributed by atoms with Crippen molar-refractivity contribution in [1.82, 2.24) is 5.32 Å². The van der Waals surface area contributed by atoms with Crippen molar-refractivity contribution in [2.75, 3.05) is 0 Å². The van der Waals surface area contributed by atoms with Crippen LogP contribution in [0.4, 0.5) is 22.0 Å². The summed E-state index contributed by atoms with van der Waals surface area (Å²) in [5, 5.41) is 6.27. The van der Waals surface area contributed by atoms with Gasteiger partial charge < -0.3 is 10.2 Å². The minimum Gasteiger partial charge on any atom is -0.374 e. The van der Waals surface area contributed by atoms with Crippen molar-refractivity contribution >= 4 is 34.8 Å². The van der Waals surface area contributed by atoms with E-state index in [1.807, 2.05) is 0 Å². The lowest BCUT2D eigenvalue weighted by molar-refractivity contribution is -0.275. The second kappa shape index (κ2) is 8.13. The molecule has 1 N–H and O–H groups in total. The van der Waals surface area contributed by atoms with Crippen molar-refractivity contribution in [1.29, 1.82) is 0 Å². The van der Waals surface area contributed by atoms with Gasteiger partial charge in [-0.3, -0.25) is 4.79 Å². The molecule has 176 valence electrons. The SMILES string of the molecule is Cc1cc(C2=NO[C@](c3cc(Cl)cc(Cl)c3)(C(F)(F)F)C2)ccc1C(=O)NC1CC(F)(F)C1. The van der Waals surface area contributed by atoms with Crippen LogP contribution in [0.3, 0.4) is 0 Å². The number of aryl methyl sites for hydroxylation is 1. The first-order valence-corrected chi connectivity index (χ1v) is 10.6. The third-order valence-corrected chi connectivity index (χ3v) is 6.18. The van der Waals surface area contributed by atoms with Gasteiger partial charge in [0.2, 0.25) is 0 Å². The third-order valence-electron chi connectivity index (χ3n) is 5.74. The molecule has 0 unspecified atom stereocenters. The number of hydrogen-bond acceptors (Lipinski definition) is 3. The Balaban J connectivity index is 1.56. The van der Waals surface area contributed by atoms with Crippen LogP contribution in [-0.2, 0) is 10.4 Å². The maximum absolute atomic E-state index is 14.1. The summed E-state index contributed by atoms with van der Waals surface area (Å²) < 4.78 is 68.4. The van der Waals surface area contributed by atoms with Crippen molar-refractivity contribution in [3.8, 4) is 0 Å². The van der Waals surface area contributed by atoms with Gasteiger partial charge in [0.05, 0.1) is 5.71 Å². The molecule has 0 saturated heterocycles. The number of carbonyl (C=O) groups is 1. The minimum absolute atomic E-state index is 0.0219. The zero-order valence-corrected chi connectivity index (χ0v) is 18.6. The summed E-state index contributed by atoms with van der Waals surface area (Å²) in [4.78, 5) is 17.4. The van der Waals surface area contributed by atoms with Crippen LogP contribution in [0.25, 0.3) is 0 Å². The molecule has 1 atom stereocenters. The molecule has 0 aromatic heterocycles. The number of amides is 1. The standard InChI is InChI=1S/C22H17Cl2F5N2O2/c1-11-4-12(2-3-17(11)19(32)30-16-8-20(25,26)9-16)18-10-21(33-31-18,22(27,28)29)13-5-14(23)7-15(24)6-13/h2-7,16H,8-10H2,1H3,(H,30,32)/t21-/m1/s1. The quantitative estimate of drug-likeness (QED) is 0.487. The smallest absolute Gasteiger partial charge is 0.374 e. The monoisotopic (exact) mass is 506 g/mol. The van der Waals surface area contributed by atoms with Crippen LogP contribution in [0.1, 0.15) is 46.3 Å². The van der Waals surface area contributed by atoms with Crippen LogP contribution in [-0.4, -0.2) is 29.8 Å². The van der Waals surface area contributed by atoms with Gasteiger partial charge in [0.25, 0.3) is 17.4 Å². The number of oxime groups is 1. The Bertz CT molecular complexity index is 1120. The number of rotatable bonds is 4. The van der Waals surface area contributed by atoms with Gasteiger partial charge >= 0.3 is 6.18 Å². The van der Waals surface area contributed by atoms with E-state index in [0.717, 1.165) is 12.1 Å². The van der Waals surface area contributed by atoms with Gasteiger partial charge in [0.1, 0.15) is 0 Å². The van der Waals surface area contributed by atoms with E-state index in [-0.39, 0.29) is 26.9 Å². The molecule has 1 fully saturated rings. The molecule has 11 heteroatoms. The van der Waals surface area contributed by atoms with E-state index in [1.54, 1.807) is 6.92 Å². The Kier molecular flexibility index (Phi) is 5.85. The molecule has 2 aromatic carbocycles. The van der Waals surface area contributed by atoms with E-state index < -0.39 is 48.9 Å². The van der Waals surface area contributed by atoms with Gasteiger partial charge in [-0.2, -0.15) is 13.2 Å². The highest BCUT2D eigenvalue weighted by atomic mass is 35.5. The number of nitrogens with one attached hydrogen (secondary N) is 1. The summed E-state index contributed by atoms with van der Waals surface area (Å²) in [6, 6.07) is 7.32. The summed E-state index contributed by atoms with van der Waals surface area (Å²) in [6.45, 7) is 1.60. The van der Waals surface area contributed by atoms with Crippen molar-refractivity contribution in [2.45, 2.75) is 49.9 Å². The maximum atomic E-state index is 14.1. The Morgan fingerprint density at radius 2 is 1.76 bits per heavy atom. The first-order chi connectivity index (χ1) is 15.3. The van der Waals surface area contributed by atoms with E-state index in [1.165, 1.54) is 24.3 Å². The lowest BCUT2D eigenvalue weighted by atomic mass is 9.86. The molecular formula is C22H17Cl2F5N2O2. The van der Waals surface area contributed by atoms with Crippen LogP contribution >= 0.6 is 23.2 Å². The number of benzene rings is 2. The summed E-state index contributed by atoms with van der Waals surface area (Å²) in [6.07, 6.45) is -6.30. The highest BCUT2D eigenvalue weighted by Crippen LogP contribution is 2.49. The molecule has 1 aliphatic heterocycles. The Hall–Kier alpha value is -2.39. The van der Waals surface area contributed by atoms with Gasteiger partial charge in [0.15, 0.2) is 0 Å². The maximum Gasteiger partial charge on any atom is 0.435 e. The molecule has 2 aliphatic rings. The summed E-state index contributed by atoms with van der Waals surface area (Å²) in [5.74, 6) is -3.29. The number of halogens is 7. The van der Waals surface area contributed by atoms with Crippen LogP contribution < -0.4 is 5.32 Å².